The van der Waals surface area contributed by atoms with Crippen molar-refractivity contribution < 1.29 is 4.79 Å². The molecule has 80 valence electrons. The third kappa shape index (κ3) is 1.71. The Bertz CT molecular complexity index is 438. The minimum atomic E-state index is -0.0166. The molecule has 1 aromatic heterocycles. The number of nitrogens with zero attached hydrogens (tertiary/aromatic N) is 2. The molecule has 0 atom stereocenters. The fraction of sp³-hybridized carbons (Fsp3) is 0.545. The fourth-order valence-electron chi connectivity index (χ4n) is 2.12. The van der Waals surface area contributed by atoms with Gasteiger partial charge < -0.3 is 5.73 Å². The van der Waals surface area contributed by atoms with E-state index in [4.69, 9.17) is 5.73 Å². The number of aromatic nitrogens is 2. The summed E-state index contributed by atoms with van der Waals surface area (Å²) in [5, 5.41) is 0. The molecule has 4 heteroatoms. The molecule has 2 rings (SSSR count). The molecule has 2 N–H and O–H groups in total. The summed E-state index contributed by atoms with van der Waals surface area (Å²) in [6, 6.07) is 0. The van der Waals surface area contributed by atoms with Gasteiger partial charge in [0.25, 0.3) is 0 Å². The van der Waals surface area contributed by atoms with Crippen molar-refractivity contribution in [2.45, 2.75) is 33.6 Å². The number of ketones is 1. The summed E-state index contributed by atoms with van der Waals surface area (Å²) in [6.07, 6.45) is 1.32. The molecule has 0 aliphatic heterocycles. The molecule has 0 spiro atoms. The monoisotopic (exact) mass is 205 g/mol. The van der Waals surface area contributed by atoms with E-state index < -0.39 is 0 Å². The van der Waals surface area contributed by atoms with Gasteiger partial charge in [-0.15, -0.1) is 0 Å². The van der Waals surface area contributed by atoms with Gasteiger partial charge in [-0.25, -0.2) is 9.97 Å². The maximum atomic E-state index is 11.9. The van der Waals surface area contributed by atoms with E-state index in [0.29, 0.717) is 23.6 Å². The molecule has 0 amide bonds. The highest BCUT2D eigenvalue weighted by molar-refractivity contribution is 6.02. The van der Waals surface area contributed by atoms with Gasteiger partial charge in [0.1, 0.15) is 11.6 Å². The van der Waals surface area contributed by atoms with Crippen LogP contribution in [0.3, 0.4) is 0 Å². The van der Waals surface area contributed by atoms with Crippen LogP contribution in [0.1, 0.15) is 42.1 Å². The molecule has 0 unspecified atom stereocenters. The van der Waals surface area contributed by atoms with Crippen LogP contribution in [0.5, 0.6) is 0 Å². The number of aryl methyl sites for hydroxylation is 1. The van der Waals surface area contributed by atoms with Crippen LogP contribution < -0.4 is 5.73 Å². The summed E-state index contributed by atoms with van der Waals surface area (Å²) in [5.41, 5.74) is 7.08. The average molecular weight is 205 g/mol. The Morgan fingerprint density at radius 2 is 1.93 bits per heavy atom. The number of rotatable bonds is 0. The zero-order chi connectivity index (χ0) is 11.2. The number of carbonyl (C=O) groups is 1. The van der Waals surface area contributed by atoms with Crippen LogP contribution in [0.2, 0.25) is 0 Å². The van der Waals surface area contributed by atoms with Crippen molar-refractivity contribution in [1.29, 1.82) is 0 Å². The summed E-state index contributed by atoms with van der Waals surface area (Å²) in [5.74, 6) is 1.04. The zero-order valence-electron chi connectivity index (χ0n) is 9.29. The van der Waals surface area contributed by atoms with E-state index in [0.717, 1.165) is 12.1 Å². The zero-order valence-corrected chi connectivity index (χ0v) is 9.29. The quantitative estimate of drug-likeness (QED) is 0.697. The van der Waals surface area contributed by atoms with Gasteiger partial charge in [0.15, 0.2) is 5.78 Å². The molecule has 0 saturated heterocycles. The Kier molecular flexibility index (Phi) is 2.03. The predicted octanol–water partition coefficient (Wildman–Crippen LogP) is 1.52. The van der Waals surface area contributed by atoms with E-state index in [2.05, 4.69) is 23.8 Å². The Balaban J connectivity index is 2.60. The number of hydrogen-bond donors (Lipinski definition) is 1. The number of nitrogen functional groups attached to an aromatic ring is 1. The van der Waals surface area contributed by atoms with Gasteiger partial charge in [-0.3, -0.25) is 4.79 Å². The molecule has 0 radical (unpaired) electrons. The fourth-order valence-corrected chi connectivity index (χ4v) is 2.12. The van der Waals surface area contributed by atoms with E-state index in [9.17, 15) is 4.79 Å². The summed E-state index contributed by atoms with van der Waals surface area (Å²) >= 11 is 0. The molecule has 1 aromatic rings. The van der Waals surface area contributed by atoms with Crippen LogP contribution >= 0.6 is 0 Å². The normalized spacial score (nSPS) is 18.7. The minimum Gasteiger partial charge on any atom is -0.383 e. The second-order valence-corrected chi connectivity index (χ2v) is 4.92. The molecule has 1 heterocycles. The smallest absolute Gasteiger partial charge is 0.168 e. The van der Waals surface area contributed by atoms with Gasteiger partial charge in [-0.2, -0.15) is 0 Å². The number of hydrogen-bond acceptors (Lipinski definition) is 4. The van der Waals surface area contributed by atoms with E-state index in [1.165, 1.54) is 0 Å². The number of carbonyl (C=O) groups excluding carboxylic acids is 1. The third-order valence-electron chi connectivity index (χ3n) is 2.69. The van der Waals surface area contributed by atoms with Gasteiger partial charge in [0.2, 0.25) is 0 Å². The highest BCUT2D eigenvalue weighted by Crippen LogP contribution is 2.35. The van der Waals surface area contributed by atoms with Gasteiger partial charge in [-0.1, -0.05) is 13.8 Å². The van der Waals surface area contributed by atoms with Crippen molar-refractivity contribution in [2.24, 2.45) is 5.41 Å². The van der Waals surface area contributed by atoms with E-state index in [1.807, 2.05) is 0 Å². The summed E-state index contributed by atoms with van der Waals surface area (Å²) < 4.78 is 0. The van der Waals surface area contributed by atoms with Crippen molar-refractivity contribution >= 4 is 11.6 Å². The lowest BCUT2D eigenvalue weighted by Crippen LogP contribution is -2.29. The lowest BCUT2D eigenvalue weighted by atomic mass is 9.76. The molecule has 1 aliphatic rings. The second-order valence-electron chi connectivity index (χ2n) is 4.92. The average Bonchev–Trinajstić information content (AvgIpc) is 1.97. The van der Waals surface area contributed by atoms with E-state index >= 15 is 0 Å². The van der Waals surface area contributed by atoms with Crippen molar-refractivity contribution in [2.75, 3.05) is 5.73 Å². The Labute approximate surface area is 88.9 Å². The topological polar surface area (TPSA) is 68.9 Å². The number of nitrogens with two attached hydrogens (primary N) is 1. The van der Waals surface area contributed by atoms with Gasteiger partial charge in [-0.05, 0) is 18.8 Å². The van der Waals surface area contributed by atoms with Crippen molar-refractivity contribution in [3.05, 3.63) is 17.1 Å². The molecular formula is C11H15N3O. The van der Waals surface area contributed by atoms with Gasteiger partial charge in [0.05, 0.1) is 11.3 Å². The third-order valence-corrected chi connectivity index (χ3v) is 2.69. The Morgan fingerprint density at radius 3 is 2.60 bits per heavy atom. The van der Waals surface area contributed by atoms with E-state index in [1.54, 1.807) is 6.92 Å². The summed E-state index contributed by atoms with van der Waals surface area (Å²) in [6.45, 7) is 5.94. The lowest BCUT2D eigenvalue weighted by molar-refractivity contribution is 0.0911. The number of Topliss-reactive ketones (excluding diaryl/α,β-unsaturated/α-hetero) is 1. The standard InChI is InChI=1S/C11H15N3O/c1-6-13-7-4-11(2,3)5-8(15)9(7)10(12)14-6/h4-5H2,1-3H3,(H2,12,13,14). The van der Waals surface area contributed by atoms with Crippen LogP contribution in [-0.2, 0) is 6.42 Å². The molecule has 0 saturated carbocycles. The molecule has 4 nitrogen and oxygen atoms in total. The Morgan fingerprint density at radius 1 is 1.27 bits per heavy atom. The maximum absolute atomic E-state index is 11.9. The number of anilines is 1. The second kappa shape index (κ2) is 3.02. The summed E-state index contributed by atoms with van der Waals surface area (Å²) in [7, 11) is 0. The van der Waals surface area contributed by atoms with Crippen molar-refractivity contribution in [3.8, 4) is 0 Å². The Hall–Kier alpha value is -1.45. The minimum absolute atomic E-state index is 0.0166. The molecule has 0 aromatic carbocycles. The SMILES string of the molecule is Cc1nc(N)c2c(n1)CC(C)(C)CC2=O. The highest BCUT2D eigenvalue weighted by atomic mass is 16.1. The van der Waals surface area contributed by atoms with Crippen LogP contribution in [-0.4, -0.2) is 15.8 Å². The van der Waals surface area contributed by atoms with Gasteiger partial charge in [0, 0.05) is 6.42 Å². The van der Waals surface area contributed by atoms with Crippen LogP contribution in [0.4, 0.5) is 5.82 Å². The highest BCUT2D eigenvalue weighted by Gasteiger charge is 2.33. The molecular weight excluding hydrogens is 190 g/mol. The van der Waals surface area contributed by atoms with Crippen LogP contribution in [0.15, 0.2) is 0 Å². The lowest BCUT2D eigenvalue weighted by Gasteiger charge is -2.29. The first-order valence-electron chi connectivity index (χ1n) is 5.05. The maximum Gasteiger partial charge on any atom is 0.168 e. The molecule has 15 heavy (non-hydrogen) atoms. The van der Waals surface area contributed by atoms with Crippen molar-refractivity contribution in [1.82, 2.24) is 9.97 Å². The predicted molar refractivity (Wildman–Crippen MR) is 57.6 cm³/mol. The summed E-state index contributed by atoms with van der Waals surface area (Å²) in [4.78, 5) is 20.2. The first-order valence-corrected chi connectivity index (χ1v) is 5.05. The largest absolute Gasteiger partial charge is 0.383 e. The van der Waals surface area contributed by atoms with Gasteiger partial charge >= 0.3 is 0 Å². The van der Waals surface area contributed by atoms with E-state index in [-0.39, 0.29) is 11.2 Å². The molecule has 0 fully saturated rings. The number of fused-ring (bicyclic) bond motifs is 1. The van der Waals surface area contributed by atoms with Crippen LogP contribution in [0.25, 0.3) is 0 Å². The molecule has 1 aliphatic carbocycles. The van der Waals surface area contributed by atoms with Crippen LogP contribution in [0, 0.1) is 12.3 Å². The van der Waals surface area contributed by atoms with Crippen molar-refractivity contribution in [3.63, 3.8) is 0 Å². The first-order chi connectivity index (χ1) is 6.89. The molecule has 0 bridgehead atoms. The first kappa shape index (κ1) is 10.1.